The Kier molecular flexibility index (Phi) is 4.38. The van der Waals surface area contributed by atoms with Crippen LogP contribution in [0.3, 0.4) is 0 Å². The van der Waals surface area contributed by atoms with Crippen molar-refractivity contribution in [3.05, 3.63) is 47.5 Å². The number of carbonyl (C=O) groups is 1. The third-order valence-electron chi connectivity index (χ3n) is 4.37. The van der Waals surface area contributed by atoms with Crippen LogP contribution in [0.15, 0.2) is 30.5 Å². The SMILES string of the molecule is CCC(C)n1nccc1NC(=O)Cc1c(C)[nH]c2ccc(F)cc12. The molecule has 0 aliphatic heterocycles. The summed E-state index contributed by atoms with van der Waals surface area (Å²) < 4.78 is 15.3. The van der Waals surface area contributed by atoms with Gasteiger partial charge < -0.3 is 10.3 Å². The van der Waals surface area contributed by atoms with Crippen molar-refractivity contribution in [1.82, 2.24) is 14.8 Å². The number of anilines is 1. The molecule has 2 aromatic heterocycles. The molecule has 126 valence electrons. The molecule has 1 atom stereocenters. The Hall–Kier alpha value is -2.63. The highest BCUT2D eigenvalue weighted by Crippen LogP contribution is 2.24. The molecule has 0 aliphatic rings. The van der Waals surface area contributed by atoms with Crippen LogP contribution in [0.5, 0.6) is 0 Å². The van der Waals surface area contributed by atoms with Crippen LogP contribution in [0.4, 0.5) is 10.2 Å². The largest absolute Gasteiger partial charge is 0.358 e. The number of rotatable bonds is 5. The molecule has 1 aromatic carbocycles. The van der Waals surface area contributed by atoms with Gasteiger partial charge in [-0.2, -0.15) is 5.10 Å². The molecule has 3 aromatic rings. The first-order valence-corrected chi connectivity index (χ1v) is 8.09. The number of hydrogen-bond donors (Lipinski definition) is 2. The summed E-state index contributed by atoms with van der Waals surface area (Å²) in [6, 6.07) is 6.56. The van der Waals surface area contributed by atoms with Crippen LogP contribution in [0.2, 0.25) is 0 Å². The van der Waals surface area contributed by atoms with Gasteiger partial charge in [0.2, 0.25) is 5.91 Å². The lowest BCUT2D eigenvalue weighted by molar-refractivity contribution is -0.115. The van der Waals surface area contributed by atoms with E-state index in [-0.39, 0.29) is 24.2 Å². The summed E-state index contributed by atoms with van der Waals surface area (Å²) in [4.78, 5) is 15.7. The summed E-state index contributed by atoms with van der Waals surface area (Å²) in [5.74, 6) is 0.226. The minimum atomic E-state index is -0.307. The van der Waals surface area contributed by atoms with Gasteiger partial charge >= 0.3 is 0 Å². The molecule has 0 saturated carbocycles. The molecular weight excluding hydrogens is 307 g/mol. The fraction of sp³-hybridized carbons (Fsp3) is 0.333. The van der Waals surface area contributed by atoms with Gasteiger partial charge in [0, 0.05) is 22.7 Å². The number of benzene rings is 1. The van der Waals surface area contributed by atoms with Crippen molar-refractivity contribution in [1.29, 1.82) is 0 Å². The van der Waals surface area contributed by atoms with Gasteiger partial charge in [0.05, 0.1) is 18.7 Å². The zero-order valence-corrected chi connectivity index (χ0v) is 14.1. The van der Waals surface area contributed by atoms with Crippen LogP contribution in [0.1, 0.15) is 37.6 Å². The molecule has 1 unspecified atom stereocenters. The Labute approximate surface area is 139 Å². The van der Waals surface area contributed by atoms with Gasteiger partial charge in [-0.15, -0.1) is 0 Å². The lowest BCUT2D eigenvalue weighted by atomic mass is 10.1. The van der Waals surface area contributed by atoms with E-state index in [2.05, 4.69) is 29.2 Å². The molecule has 0 saturated heterocycles. The number of halogens is 1. The second kappa shape index (κ2) is 6.47. The number of fused-ring (bicyclic) bond motifs is 1. The number of H-pyrrole nitrogens is 1. The first kappa shape index (κ1) is 16.2. The molecule has 3 rings (SSSR count). The summed E-state index contributed by atoms with van der Waals surface area (Å²) in [5.41, 5.74) is 2.53. The van der Waals surface area contributed by atoms with E-state index in [1.165, 1.54) is 12.1 Å². The molecule has 24 heavy (non-hydrogen) atoms. The third-order valence-corrected chi connectivity index (χ3v) is 4.37. The lowest BCUT2D eigenvalue weighted by Crippen LogP contribution is -2.19. The standard InChI is InChI=1S/C18H21FN4O/c1-4-11(2)23-17(7-8-20-23)22-18(24)10-14-12(3)21-16-6-5-13(19)9-15(14)16/h5-9,11,21H,4,10H2,1-3H3,(H,22,24). The van der Waals surface area contributed by atoms with Crippen molar-refractivity contribution in [3.8, 4) is 0 Å². The lowest BCUT2D eigenvalue weighted by Gasteiger charge is -2.14. The van der Waals surface area contributed by atoms with Crippen molar-refractivity contribution in [3.63, 3.8) is 0 Å². The van der Waals surface area contributed by atoms with E-state index < -0.39 is 0 Å². The monoisotopic (exact) mass is 328 g/mol. The van der Waals surface area contributed by atoms with Gasteiger partial charge in [0.15, 0.2) is 0 Å². The third kappa shape index (κ3) is 3.04. The Morgan fingerprint density at radius 2 is 2.21 bits per heavy atom. The molecule has 0 bridgehead atoms. The second-order valence-corrected chi connectivity index (χ2v) is 6.06. The summed E-state index contributed by atoms with van der Waals surface area (Å²) >= 11 is 0. The Balaban J connectivity index is 1.82. The van der Waals surface area contributed by atoms with Gasteiger partial charge in [-0.05, 0) is 44.0 Å². The fourth-order valence-electron chi connectivity index (χ4n) is 2.87. The summed E-state index contributed by atoms with van der Waals surface area (Å²) in [6.45, 7) is 6.01. The zero-order valence-electron chi connectivity index (χ0n) is 14.1. The Morgan fingerprint density at radius 1 is 1.42 bits per heavy atom. The molecule has 0 fully saturated rings. The smallest absolute Gasteiger partial charge is 0.230 e. The summed E-state index contributed by atoms with van der Waals surface area (Å²) in [6.07, 6.45) is 2.78. The van der Waals surface area contributed by atoms with E-state index in [4.69, 9.17) is 0 Å². The van der Waals surface area contributed by atoms with Crippen molar-refractivity contribution >= 4 is 22.6 Å². The minimum Gasteiger partial charge on any atom is -0.358 e. The molecular formula is C18H21FN4O. The first-order valence-electron chi connectivity index (χ1n) is 8.09. The van der Waals surface area contributed by atoms with Gasteiger partial charge in [0.25, 0.3) is 0 Å². The Morgan fingerprint density at radius 3 is 2.96 bits per heavy atom. The maximum Gasteiger partial charge on any atom is 0.230 e. The highest BCUT2D eigenvalue weighted by atomic mass is 19.1. The summed E-state index contributed by atoms with van der Waals surface area (Å²) in [7, 11) is 0. The highest BCUT2D eigenvalue weighted by Gasteiger charge is 2.15. The molecule has 0 spiro atoms. The van der Waals surface area contributed by atoms with Crippen molar-refractivity contribution in [2.45, 2.75) is 39.7 Å². The van der Waals surface area contributed by atoms with Crippen LogP contribution in [0, 0.1) is 12.7 Å². The number of aromatic nitrogens is 3. The van der Waals surface area contributed by atoms with Gasteiger partial charge in [-0.25, -0.2) is 9.07 Å². The van der Waals surface area contributed by atoms with E-state index in [0.29, 0.717) is 5.82 Å². The van der Waals surface area contributed by atoms with Crippen LogP contribution in [-0.4, -0.2) is 20.7 Å². The van der Waals surface area contributed by atoms with E-state index >= 15 is 0 Å². The highest BCUT2D eigenvalue weighted by molar-refractivity contribution is 5.95. The maximum atomic E-state index is 13.5. The van der Waals surface area contributed by atoms with E-state index in [1.54, 1.807) is 23.0 Å². The van der Waals surface area contributed by atoms with E-state index in [1.807, 2.05) is 6.92 Å². The van der Waals surface area contributed by atoms with E-state index in [9.17, 15) is 9.18 Å². The molecule has 6 heteroatoms. The maximum absolute atomic E-state index is 13.5. The average Bonchev–Trinajstić information content (AvgIpc) is 3.12. The quantitative estimate of drug-likeness (QED) is 0.744. The van der Waals surface area contributed by atoms with Gasteiger partial charge in [-0.3, -0.25) is 4.79 Å². The molecule has 0 aliphatic carbocycles. The number of hydrogen-bond acceptors (Lipinski definition) is 2. The second-order valence-electron chi connectivity index (χ2n) is 6.06. The van der Waals surface area contributed by atoms with Crippen LogP contribution >= 0.6 is 0 Å². The van der Waals surface area contributed by atoms with Crippen molar-refractivity contribution in [2.75, 3.05) is 5.32 Å². The summed E-state index contributed by atoms with van der Waals surface area (Å²) in [5, 5.41) is 7.91. The number of nitrogens with zero attached hydrogens (tertiary/aromatic N) is 2. The predicted octanol–water partition coefficient (Wildman–Crippen LogP) is 3.96. The van der Waals surface area contributed by atoms with Crippen LogP contribution in [-0.2, 0) is 11.2 Å². The normalized spacial score (nSPS) is 12.5. The van der Waals surface area contributed by atoms with Gasteiger partial charge in [0.1, 0.15) is 11.6 Å². The number of aryl methyl sites for hydroxylation is 1. The van der Waals surface area contributed by atoms with Crippen molar-refractivity contribution in [2.24, 2.45) is 0 Å². The molecule has 2 heterocycles. The Bertz CT molecular complexity index is 880. The number of aromatic amines is 1. The topological polar surface area (TPSA) is 62.7 Å². The van der Waals surface area contributed by atoms with Crippen LogP contribution in [0.25, 0.3) is 10.9 Å². The molecule has 1 amide bonds. The molecule has 5 nitrogen and oxygen atoms in total. The van der Waals surface area contributed by atoms with E-state index in [0.717, 1.165) is 28.6 Å². The fourth-order valence-corrected chi connectivity index (χ4v) is 2.87. The predicted molar refractivity (Wildman–Crippen MR) is 92.6 cm³/mol. The zero-order chi connectivity index (χ0) is 17.3. The number of carbonyl (C=O) groups excluding carboxylic acids is 1. The van der Waals surface area contributed by atoms with Crippen molar-refractivity contribution < 1.29 is 9.18 Å². The molecule has 0 radical (unpaired) electrons. The van der Waals surface area contributed by atoms with Crippen LogP contribution < -0.4 is 5.32 Å². The average molecular weight is 328 g/mol. The minimum absolute atomic E-state index is 0.145. The number of amides is 1. The van der Waals surface area contributed by atoms with Gasteiger partial charge in [-0.1, -0.05) is 6.92 Å². The first-order chi connectivity index (χ1) is 11.5. The number of nitrogens with one attached hydrogen (secondary N) is 2. The molecule has 2 N–H and O–H groups in total.